The molecular weight excluding hydrogens is 373 g/mol. The molecule has 6 heteroatoms. The Morgan fingerprint density at radius 3 is 2.61 bits per heavy atom. The lowest BCUT2D eigenvalue weighted by Crippen LogP contribution is -2.29. The van der Waals surface area contributed by atoms with Gasteiger partial charge in [-0.15, -0.1) is 11.3 Å². The number of rotatable bonds is 7. The highest BCUT2D eigenvalue weighted by atomic mass is 32.1. The van der Waals surface area contributed by atoms with Crippen LogP contribution in [0.15, 0.2) is 47.8 Å². The number of thiazole rings is 1. The molecule has 0 aliphatic carbocycles. The third kappa shape index (κ3) is 4.64. The van der Waals surface area contributed by atoms with E-state index in [-0.39, 0.29) is 11.7 Å². The van der Waals surface area contributed by atoms with Gasteiger partial charge in [0.05, 0.1) is 11.6 Å². The minimum absolute atomic E-state index is 0.161. The van der Waals surface area contributed by atoms with Gasteiger partial charge in [-0.3, -0.25) is 4.79 Å². The predicted octanol–water partition coefficient (Wildman–Crippen LogP) is 4.76. The molecule has 3 aromatic rings. The topological polar surface area (TPSA) is 54.0 Å². The number of aryl methyl sites for hydroxylation is 2. The van der Waals surface area contributed by atoms with Crippen LogP contribution < -0.4 is 10.6 Å². The second-order valence-electron chi connectivity index (χ2n) is 6.69. The van der Waals surface area contributed by atoms with Crippen LogP contribution in [0.4, 0.5) is 9.52 Å². The molecule has 28 heavy (non-hydrogen) atoms. The summed E-state index contributed by atoms with van der Waals surface area (Å²) in [5.74, 6) is -0.892. The Hall–Kier alpha value is -2.57. The molecule has 0 saturated heterocycles. The van der Waals surface area contributed by atoms with Gasteiger partial charge >= 0.3 is 0 Å². The van der Waals surface area contributed by atoms with Crippen molar-refractivity contribution in [3.05, 3.63) is 70.4 Å². The minimum Gasteiger partial charge on any atom is -0.319 e. The highest BCUT2D eigenvalue weighted by molar-refractivity contribution is 7.14. The summed E-state index contributed by atoms with van der Waals surface area (Å²) in [7, 11) is 1.79. The number of hydrogen-bond acceptors (Lipinski definition) is 4. The summed E-state index contributed by atoms with van der Waals surface area (Å²) in [4.78, 5) is 17.4. The summed E-state index contributed by atoms with van der Waals surface area (Å²) in [5.41, 5.74) is 4.70. The number of carbonyl (C=O) groups excluding carboxylic acids is 1. The number of aromatic nitrogens is 1. The summed E-state index contributed by atoms with van der Waals surface area (Å²) in [6, 6.07) is 12.8. The van der Waals surface area contributed by atoms with Crippen LogP contribution in [0.2, 0.25) is 0 Å². The van der Waals surface area contributed by atoms with Crippen LogP contribution in [-0.2, 0) is 11.2 Å². The van der Waals surface area contributed by atoms with E-state index in [2.05, 4.69) is 34.7 Å². The van der Waals surface area contributed by atoms with Gasteiger partial charge in [0.25, 0.3) is 0 Å². The summed E-state index contributed by atoms with van der Waals surface area (Å²) < 4.78 is 13.4. The van der Waals surface area contributed by atoms with E-state index >= 15 is 0 Å². The smallest absolute Gasteiger partial charge is 0.235 e. The zero-order valence-corrected chi connectivity index (χ0v) is 17.1. The Morgan fingerprint density at radius 2 is 1.96 bits per heavy atom. The van der Waals surface area contributed by atoms with Gasteiger partial charge in [0.15, 0.2) is 5.13 Å². The summed E-state index contributed by atoms with van der Waals surface area (Å²) in [5, 5.41) is 8.45. The van der Waals surface area contributed by atoms with E-state index in [0.29, 0.717) is 11.7 Å². The third-order valence-electron chi connectivity index (χ3n) is 4.72. The van der Waals surface area contributed by atoms with E-state index in [0.717, 1.165) is 28.8 Å². The summed E-state index contributed by atoms with van der Waals surface area (Å²) >= 11 is 1.40. The standard InChI is InChI=1S/C22H24FN3OS/c1-4-15-5-7-16(8-6-15)20-13-28-22(25-20)26-21(27)19(12-24-3)18-10-9-17(23)11-14(18)2/h5-11,13,19,24H,4,12H2,1-3H3,(H,25,26,27). The van der Waals surface area contributed by atoms with Crippen molar-refractivity contribution in [3.63, 3.8) is 0 Å². The highest BCUT2D eigenvalue weighted by Crippen LogP contribution is 2.27. The molecule has 3 rings (SSSR count). The first-order chi connectivity index (χ1) is 13.5. The van der Waals surface area contributed by atoms with Crippen molar-refractivity contribution < 1.29 is 9.18 Å². The van der Waals surface area contributed by atoms with Crippen molar-refractivity contribution >= 4 is 22.4 Å². The number of hydrogen-bond donors (Lipinski definition) is 2. The van der Waals surface area contributed by atoms with E-state index < -0.39 is 5.92 Å². The number of nitrogens with zero attached hydrogens (tertiary/aromatic N) is 1. The minimum atomic E-state index is -0.429. The molecule has 0 fully saturated rings. The number of carbonyl (C=O) groups is 1. The van der Waals surface area contributed by atoms with E-state index in [9.17, 15) is 9.18 Å². The number of amides is 1. The Balaban J connectivity index is 1.77. The molecule has 2 N–H and O–H groups in total. The summed E-state index contributed by atoms with van der Waals surface area (Å²) in [6.45, 7) is 4.39. The fourth-order valence-corrected chi connectivity index (χ4v) is 3.87. The molecule has 1 aromatic heterocycles. The first kappa shape index (κ1) is 20.2. The first-order valence-corrected chi connectivity index (χ1v) is 10.2. The fraction of sp³-hybridized carbons (Fsp3) is 0.273. The second kappa shape index (κ2) is 9.08. The molecule has 0 radical (unpaired) electrons. The number of benzene rings is 2. The molecule has 4 nitrogen and oxygen atoms in total. The molecule has 146 valence electrons. The number of halogens is 1. The lowest BCUT2D eigenvalue weighted by molar-refractivity contribution is -0.117. The van der Waals surface area contributed by atoms with Crippen LogP contribution >= 0.6 is 11.3 Å². The van der Waals surface area contributed by atoms with Crippen molar-refractivity contribution in [2.24, 2.45) is 0 Å². The van der Waals surface area contributed by atoms with Gasteiger partial charge < -0.3 is 10.6 Å². The molecule has 0 saturated carbocycles. The van der Waals surface area contributed by atoms with Gasteiger partial charge in [-0.2, -0.15) is 0 Å². The van der Waals surface area contributed by atoms with E-state index in [1.54, 1.807) is 13.1 Å². The van der Waals surface area contributed by atoms with Gasteiger partial charge in [0, 0.05) is 17.5 Å². The zero-order valence-electron chi connectivity index (χ0n) is 16.3. The van der Waals surface area contributed by atoms with E-state index in [1.807, 2.05) is 24.4 Å². The van der Waals surface area contributed by atoms with Crippen LogP contribution in [0.25, 0.3) is 11.3 Å². The van der Waals surface area contributed by atoms with Crippen molar-refractivity contribution in [1.29, 1.82) is 0 Å². The molecule has 0 spiro atoms. The lowest BCUT2D eigenvalue weighted by Gasteiger charge is -2.18. The number of likely N-dealkylation sites (N-methyl/N-ethyl adjacent to an activating group) is 1. The van der Waals surface area contributed by atoms with Gasteiger partial charge in [0.2, 0.25) is 5.91 Å². The largest absolute Gasteiger partial charge is 0.319 e. The van der Waals surface area contributed by atoms with Crippen LogP contribution in [-0.4, -0.2) is 24.5 Å². The number of anilines is 1. The molecule has 1 heterocycles. The lowest BCUT2D eigenvalue weighted by atomic mass is 9.94. The zero-order chi connectivity index (χ0) is 20.1. The molecule has 0 bridgehead atoms. The van der Waals surface area contributed by atoms with E-state index in [4.69, 9.17) is 0 Å². The van der Waals surface area contributed by atoms with Crippen molar-refractivity contribution in [2.75, 3.05) is 18.9 Å². The Bertz CT molecular complexity index is 953. The molecule has 0 aliphatic rings. The average molecular weight is 398 g/mol. The quantitative estimate of drug-likeness (QED) is 0.604. The van der Waals surface area contributed by atoms with Gasteiger partial charge in [0.1, 0.15) is 5.82 Å². The van der Waals surface area contributed by atoms with Gasteiger partial charge in [-0.25, -0.2) is 9.37 Å². The maximum atomic E-state index is 13.4. The van der Waals surface area contributed by atoms with E-state index in [1.165, 1.54) is 29.0 Å². The SMILES string of the molecule is CCc1ccc(-c2csc(NC(=O)C(CNC)c3ccc(F)cc3C)n2)cc1. The van der Waals surface area contributed by atoms with Gasteiger partial charge in [-0.05, 0) is 49.2 Å². The Morgan fingerprint density at radius 1 is 1.21 bits per heavy atom. The molecule has 2 aromatic carbocycles. The van der Waals surface area contributed by atoms with Gasteiger partial charge in [-0.1, -0.05) is 37.3 Å². The number of nitrogens with one attached hydrogen (secondary N) is 2. The molecule has 1 unspecified atom stereocenters. The fourth-order valence-electron chi connectivity index (χ4n) is 3.15. The van der Waals surface area contributed by atoms with Crippen LogP contribution in [0, 0.1) is 12.7 Å². The Kier molecular flexibility index (Phi) is 6.54. The highest BCUT2D eigenvalue weighted by Gasteiger charge is 2.23. The molecule has 0 aliphatic heterocycles. The normalized spacial score (nSPS) is 12.0. The van der Waals surface area contributed by atoms with Crippen molar-refractivity contribution in [3.8, 4) is 11.3 Å². The van der Waals surface area contributed by atoms with Crippen LogP contribution in [0.5, 0.6) is 0 Å². The predicted molar refractivity (Wildman–Crippen MR) is 113 cm³/mol. The second-order valence-corrected chi connectivity index (χ2v) is 7.55. The van der Waals surface area contributed by atoms with Crippen molar-refractivity contribution in [1.82, 2.24) is 10.3 Å². The van der Waals surface area contributed by atoms with Crippen LogP contribution in [0.1, 0.15) is 29.5 Å². The maximum Gasteiger partial charge on any atom is 0.235 e. The van der Waals surface area contributed by atoms with Crippen LogP contribution in [0.3, 0.4) is 0 Å². The molecule has 1 atom stereocenters. The molecular formula is C22H24FN3OS. The average Bonchev–Trinajstić information content (AvgIpc) is 3.15. The third-order valence-corrected chi connectivity index (χ3v) is 5.48. The first-order valence-electron chi connectivity index (χ1n) is 9.28. The van der Waals surface area contributed by atoms with Crippen molar-refractivity contribution in [2.45, 2.75) is 26.2 Å². The molecule has 1 amide bonds. The monoisotopic (exact) mass is 397 g/mol. The summed E-state index contributed by atoms with van der Waals surface area (Å²) in [6.07, 6.45) is 0.994. The maximum absolute atomic E-state index is 13.4. The Labute approximate surface area is 168 Å².